The molecule has 0 radical (unpaired) electrons. The minimum Gasteiger partial charge on any atom is -0.356 e. The highest BCUT2D eigenvalue weighted by Gasteiger charge is 2.30. The molecule has 3 heterocycles. The average molecular weight is 377 g/mol. The fourth-order valence-electron chi connectivity index (χ4n) is 3.64. The molecule has 1 aromatic carbocycles. The fraction of sp³-hybridized carbons (Fsp3) is 0.350. The molecule has 0 aliphatic carbocycles. The van der Waals surface area contributed by atoms with Crippen LogP contribution in [-0.4, -0.2) is 50.3 Å². The molecular formula is C20H23N7O. The second kappa shape index (κ2) is 8.16. The maximum atomic E-state index is 13.2. The number of nitrogens with zero attached hydrogens (tertiary/aromatic N) is 7. The van der Waals surface area contributed by atoms with Gasteiger partial charge in [0.25, 0.3) is 0 Å². The molecule has 1 aliphatic rings. The monoisotopic (exact) mass is 377 g/mol. The molecule has 4 rings (SSSR count). The number of carbonyl (C=O) groups excluding carboxylic acids is 1. The van der Waals surface area contributed by atoms with Gasteiger partial charge in [-0.15, -0.1) is 0 Å². The minimum absolute atomic E-state index is 0.0568. The summed E-state index contributed by atoms with van der Waals surface area (Å²) in [6, 6.07) is 11.7. The summed E-state index contributed by atoms with van der Waals surface area (Å²) in [5.74, 6) is 1.58. The number of para-hydroxylation sites is 1. The van der Waals surface area contributed by atoms with Crippen molar-refractivity contribution in [1.29, 1.82) is 0 Å². The van der Waals surface area contributed by atoms with E-state index in [1.54, 1.807) is 11.0 Å². The Labute approximate surface area is 163 Å². The summed E-state index contributed by atoms with van der Waals surface area (Å²) in [6.45, 7) is 4.19. The predicted octanol–water partition coefficient (Wildman–Crippen LogP) is 2.33. The maximum absolute atomic E-state index is 13.2. The van der Waals surface area contributed by atoms with Crippen LogP contribution >= 0.6 is 0 Å². The lowest BCUT2D eigenvalue weighted by atomic mass is 9.96. The van der Waals surface area contributed by atoms with Gasteiger partial charge in [-0.2, -0.15) is 5.10 Å². The van der Waals surface area contributed by atoms with Crippen LogP contribution in [0.1, 0.15) is 19.8 Å². The second-order valence-electron chi connectivity index (χ2n) is 6.78. The van der Waals surface area contributed by atoms with Crippen molar-refractivity contribution in [2.75, 3.05) is 29.4 Å². The van der Waals surface area contributed by atoms with Crippen molar-refractivity contribution >= 4 is 17.4 Å². The van der Waals surface area contributed by atoms with Crippen molar-refractivity contribution in [3.8, 4) is 5.82 Å². The zero-order valence-electron chi connectivity index (χ0n) is 15.8. The molecule has 1 amide bonds. The van der Waals surface area contributed by atoms with Gasteiger partial charge in [-0.3, -0.25) is 4.79 Å². The molecule has 0 spiro atoms. The average Bonchev–Trinajstić information content (AvgIpc) is 3.30. The summed E-state index contributed by atoms with van der Waals surface area (Å²) in [4.78, 5) is 29.9. The van der Waals surface area contributed by atoms with Gasteiger partial charge in [-0.25, -0.2) is 19.6 Å². The Morgan fingerprint density at radius 3 is 2.75 bits per heavy atom. The van der Waals surface area contributed by atoms with Crippen LogP contribution in [0.4, 0.5) is 11.5 Å². The number of rotatable bonds is 5. The smallest absolute Gasteiger partial charge is 0.231 e. The molecule has 8 heteroatoms. The Hall–Kier alpha value is -3.29. The van der Waals surface area contributed by atoms with Crippen LogP contribution in [0, 0.1) is 5.92 Å². The van der Waals surface area contributed by atoms with Crippen LogP contribution in [0.3, 0.4) is 0 Å². The highest BCUT2D eigenvalue weighted by molar-refractivity contribution is 5.95. The second-order valence-corrected chi connectivity index (χ2v) is 6.78. The third-order valence-electron chi connectivity index (χ3n) is 5.04. The van der Waals surface area contributed by atoms with E-state index in [2.05, 4.69) is 25.0 Å². The largest absolute Gasteiger partial charge is 0.356 e. The highest BCUT2D eigenvalue weighted by Crippen LogP contribution is 2.25. The van der Waals surface area contributed by atoms with Gasteiger partial charge in [-0.05, 0) is 31.9 Å². The first-order chi connectivity index (χ1) is 13.8. The molecule has 28 heavy (non-hydrogen) atoms. The molecular weight excluding hydrogens is 354 g/mol. The van der Waals surface area contributed by atoms with E-state index < -0.39 is 0 Å². The Bertz CT molecular complexity index is 913. The standard InChI is InChI=1S/C20H23N7O/c1-2-26(17-8-4-3-5-9-17)20(28)16-7-6-10-25(12-16)18-11-19(23-14-22-18)27-15-21-13-24-27/h3-5,8-9,11,13-16H,2,6-7,10,12H2,1H3. The number of aromatic nitrogens is 5. The maximum Gasteiger partial charge on any atom is 0.231 e. The van der Waals surface area contributed by atoms with E-state index in [0.717, 1.165) is 30.9 Å². The SMILES string of the molecule is CCN(C(=O)C1CCCN(c2cc(-n3cncn3)ncn2)C1)c1ccccc1. The number of amides is 1. The molecule has 144 valence electrons. The van der Waals surface area contributed by atoms with E-state index in [1.807, 2.05) is 48.2 Å². The number of hydrogen-bond acceptors (Lipinski definition) is 6. The van der Waals surface area contributed by atoms with Gasteiger partial charge in [0, 0.05) is 31.4 Å². The Balaban J connectivity index is 1.51. The van der Waals surface area contributed by atoms with Crippen molar-refractivity contribution in [2.24, 2.45) is 5.92 Å². The Morgan fingerprint density at radius 2 is 2.00 bits per heavy atom. The first kappa shape index (κ1) is 18.1. The third kappa shape index (κ3) is 3.71. The molecule has 1 unspecified atom stereocenters. The summed E-state index contributed by atoms with van der Waals surface area (Å²) in [5.41, 5.74) is 0.947. The van der Waals surface area contributed by atoms with Crippen LogP contribution in [0.2, 0.25) is 0 Å². The molecule has 0 bridgehead atoms. The Kier molecular flexibility index (Phi) is 5.27. The normalized spacial score (nSPS) is 16.8. The van der Waals surface area contributed by atoms with Gasteiger partial charge in [-0.1, -0.05) is 18.2 Å². The van der Waals surface area contributed by atoms with Crippen LogP contribution < -0.4 is 9.80 Å². The fourth-order valence-corrected chi connectivity index (χ4v) is 3.64. The van der Waals surface area contributed by atoms with Gasteiger partial charge in [0.2, 0.25) is 5.91 Å². The van der Waals surface area contributed by atoms with Crippen molar-refractivity contribution in [2.45, 2.75) is 19.8 Å². The summed E-state index contributed by atoms with van der Waals surface area (Å²) in [7, 11) is 0. The van der Waals surface area contributed by atoms with E-state index in [0.29, 0.717) is 18.9 Å². The van der Waals surface area contributed by atoms with Crippen LogP contribution in [0.25, 0.3) is 5.82 Å². The highest BCUT2D eigenvalue weighted by atomic mass is 16.2. The first-order valence-electron chi connectivity index (χ1n) is 9.54. The first-order valence-corrected chi connectivity index (χ1v) is 9.54. The van der Waals surface area contributed by atoms with Crippen molar-refractivity contribution in [3.63, 3.8) is 0 Å². The predicted molar refractivity (Wildman–Crippen MR) is 106 cm³/mol. The molecule has 1 aliphatic heterocycles. The third-order valence-corrected chi connectivity index (χ3v) is 5.04. The van der Waals surface area contributed by atoms with E-state index in [1.165, 1.54) is 12.7 Å². The lowest BCUT2D eigenvalue weighted by Gasteiger charge is -2.35. The summed E-state index contributed by atoms with van der Waals surface area (Å²) in [5, 5.41) is 4.12. The zero-order chi connectivity index (χ0) is 19.3. The van der Waals surface area contributed by atoms with E-state index >= 15 is 0 Å². The van der Waals surface area contributed by atoms with Crippen LogP contribution in [0.5, 0.6) is 0 Å². The quantitative estimate of drug-likeness (QED) is 0.679. The van der Waals surface area contributed by atoms with Gasteiger partial charge in [0.05, 0.1) is 5.92 Å². The molecule has 1 fully saturated rings. The molecule has 8 nitrogen and oxygen atoms in total. The van der Waals surface area contributed by atoms with Crippen LogP contribution in [-0.2, 0) is 4.79 Å². The number of anilines is 2. The van der Waals surface area contributed by atoms with Gasteiger partial charge >= 0.3 is 0 Å². The van der Waals surface area contributed by atoms with E-state index in [9.17, 15) is 4.79 Å². The number of benzene rings is 1. The van der Waals surface area contributed by atoms with Crippen molar-refractivity contribution < 1.29 is 4.79 Å². The molecule has 3 aromatic rings. The topological polar surface area (TPSA) is 80.0 Å². The van der Waals surface area contributed by atoms with Crippen molar-refractivity contribution in [1.82, 2.24) is 24.7 Å². The molecule has 1 saturated heterocycles. The van der Waals surface area contributed by atoms with Gasteiger partial charge in [0.1, 0.15) is 24.8 Å². The van der Waals surface area contributed by atoms with Gasteiger partial charge in [0.15, 0.2) is 5.82 Å². The van der Waals surface area contributed by atoms with E-state index in [4.69, 9.17) is 0 Å². The molecule has 0 saturated carbocycles. The number of carbonyl (C=O) groups is 1. The Morgan fingerprint density at radius 1 is 1.18 bits per heavy atom. The van der Waals surface area contributed by atoms with Crippen LogP contribution in [0.15, 0.2) is 55.4 Å². The lowest BCUT2D eigenvalue weighted by Crippen LogP contribution is -2.45. The minimum atomic E-state index is -0.0568. The molecule has 2 aromatic heterocycles. The molecule has 0 N–H and O–H groups in total. The lowest BCUT2D eigenvalue weighted by molar-refractivity contribution is -0.122. The summed E-state index contributed by atoms with van der Waals surface area (Å²) >= 11 is 0. The summed E-state index contributed by atoms with van der Waals surface area (Å²) < 4.78 is 1.60. The van der Waals surface area contributed by atoms with Gasteiger partial charge < -0.3 is 9.80 Å². The van der Waals surface area contributed by atoms with Crippen molar-refractivity contribution in [3.05, 3.63) is 55.4 Å². The van der Waals surface area contributed by atoms with E-state index in [-0.39, 0.29) is 11.8 Å². The number of piperidine rings is 1. The zero-order valence-corrected chi connectivity index (χ0v) is 15.8. The number of hydrogen-bond donors (Lipinski definition) is 0. The molecule has 1 atom stereocenters. The summed E-state index contributed by atoms with van der Waals surface area (Å²) in [6.07, 6.45) is 6.44.